The molecule has 5 nitrogen and oxygen atoms in total. The van der Waals surface area contributed by atoms with Crippen molar-refractivity contribution < 1.29 is 19.7 Å². The zero-order chi connectivity index (χ0) is 15.9. The minimum absolute atomic E-state index is 0.187. The fourth-order valence-electron chi connectivity index (χ4n) is 2.03. The lowest BCUT2D eigenvalue weighted by Crippen LogP contribution is -1.87. The van der Waals surface area contributed by atoms with E-state index in [9.17, 15) is 5.11 Å². The minimum atomic E-state index is -0.250. The van der Waals surface area contributed by atoms with Crippen LogP contribution < -0.4 is 4.74 Å². The van der Waals surface area contributed by atoms with Gasteiger partial charge in [0.1, 0.15) is 17.2 Å². The van der Waals surface area contributed by atoms with Gasteiger partial charge in [-0.25, -0.2) is 0 Å². The second-order valence-corrected chi connectivity index (χ2v) is 4.46. The maximum Gasteiger partial charge on any atom is 0.290 e. The maximum absolute atomic E-state index is 9.77. The Hall–Kier alpha value is -3.08. The average Bonchev–Trinajstić information content (AvgIpc) is 2.53. The molecule has 0 bridgehead atoms. The molecule has 1 heterocycles. The molecule has 1 aromatic heterocycles. The summed E-state index contributed by atoms with van der Waals surface area (Å²) in [5, 5.41) is 18.3. The first-order valence-corrected chi connectivity index (χ1v) is 6.54. The highest BCUT2D eigenvalue weighted by atomic mass is 16.5. The number of fused-ring (bicyclic) bond motifs is 1. The summed E-state index contributed by atoms with van der Waals surface area (Å²) in [6.07, 6.45) is 1.47. The summed E-state index contributed by atoms with van der Waals surface area (Å²) in [5.74, 6) is 1.70. The second-order valence-electron chi connectivity index (χ2n) is 4.46. The fourth-order valence-corrected chi connectivity index (χ4v) is 2.03. The molecule has 0 saturated carbocycles. The van der Waals surface area contributed by atoms with Crippen molar-refractivity contribution in [2.24, 2.45) is 0 Å². The third-order valence-electron chi connectivity index (χ3n) is 3.02. The number of para-hydroxylation sites is 1. The Labute approximate surface area is 127 Å². The SMILES string of the molecule is Cc1ncc(O)c2ccc(Oc3ccccc3)cc12.O=CO. The average molecular weight is 297 g/mol. The molecule has 0 atom stereocenters. The van der Waals surface area contributed by atoms with Crippen molar-refractivity contribution in [2.45, 2.75) is 6.92 Å². The molecular weight excluding hydrogens is 282 g/mol. The smallest absolute Gasteiger partial charge is 0.290 e. The van der Waals surface area contributed by atoms with Crippen LogP contribution in [-0.4, -0.2) is 21.7 Å². The van der Waals surface area contributed by atoms with E-state index in [1.165, 1.54) is 6.20 Å². The Balaban J connectivity index is 0.000000545. The molecule has 3 aromatic rings. The highest BCUT2D eigenvalue weighted by Gasteiger charge is 2.06. The Morgan fingerprint density at radius 1 is 1.05 bits per heavy atom. The maximum atomic E-state index is 9.77. The topological polar surface area (TPSA) is 79.7 Å². The van der Waals surface area contributed by atoms with Crippen LogP contribution >= 0.6 is 0 Å². The van der Waals surface area contributed by atoms with Gasteiger partial charge >= 0.3 is 0 Å². The number of nitrogens with zero attached hydrogens (tertiary/aromatic N) is 1. The van der Waals surface area contributed by atoms with Gasteiger partial charge in [-0.05, 0) is 37.3 Å². The summed E-state index contributed by atoms with van der Waals surface area (Å²) in [6.45, 7) is 1.66. The van der Waals surface area contributed by atoms with Crippen molar-refractivity contribution in [3.63, 3.8) is 0 Å². The van der Waals surface area contributed by atoms with Gasteiger partial charge in [0, 0.05) is 16.5 Å². The normalized spacial score (nSPS) is 9.68. The van der Waals surface area contributed by atoms with E-state index >= 15 is 0 Å². The standard InChI is InChI=1S/C16H13NO2.CH2O2/c1-11-15-9-13(19-12-5-3-2-4-6-12)7-8-14(15)16(18)10-17-11;2-1-3/h2-10,18H,1H3;1H,(H,2,3). The number of aromatic nitrogens is 1. The molecule has 2 N–H and O–H groups in total. The van der Waals surface area contributed by atoms with Crippen molar-refractivity contribution in [2.75, 3.05) is 0 Å². The molecule has 3 rings (SSSR count). The molecule has 0 aliphatic heterocycles. The van der Waals surface area contributed by atoms with E-state index in [4.69, 9.17) is 14.6 Å². The molecule has 2 aromatic carbocycles. The number of pyridine rings is 1. The summed E-state index contributed by atoms with van der Waals surface area (Å²) >= 11 is 0. The quantitative estimate of drug-likeness (QED) is 0.704. The molecular formula is C17H15NO4. The van der Waals surface area contributed by atoms with Gasteiger partial charge in [0.05, 0.1) is 6.20 Å². The van der Waals surface area contributed by atoms with Gasteiger partial charge in [-0.2, -0.15) is 0 Å². The largest absolute Gasteiger partial charge is 0.506 e. The van der Waals surface area contributed by atoms with Crippen LogP contribution in [0.25, 0.3) is 10.8 Å². The zero-order valence-electron chi connectivity index (χ0n) is 11.9. The van der Waals surface area contributed by atoms with Crippen LogP contribution in [0.5, 0.6) is 17.2 Å². The molecule has 0 fully saturated rings. The van der Waals surface area contributed by atoms with Gasteiger partial charge in [-0.1, -0.05) is 18.2 Å². The van der Waals surface area contributed by atoms with E-state index in [0.717, 1.165) is 28.0 Å². The third-order valence-corrected chi connectivity index (χ3v) is 3.02. The molecule has 0 aliphatic carbocycles. The highest BCUT2D eigenvalue weighted by molar-refractivity contribution is 5.90. The number of rotatable bonds is 2. The van der Waals surface area contributed by atoms with E-state index in [0.29, 0.717) is 0 Å². The number of hydrogen-bond acceptors (Lipinski definition) is 4. The summed E-state index contributed by atoms with van der Waals surface area (Å²) < 4.78 is 5.77. The molecule has 0 amide bonds. The molecule has 5 heteroatoms. The lowest BCUT2D eigenvalue weighted by molar-refractivity contribution is -0.122. The first kappa shape index (κ1) is 15.3. The third kappa shape index (κ3) is 3.52. The number of aryl methyl sites for hydroxylation is 1. The predicted molar refractivity (Wildman–Crippen MR) is 83.4 cm³/mol. The van der Waals surface area contributed by atoms with E-state index in [1.54, 1.807) is 0 Å². The fraction of sp³-hybridized carbons (Fsp3) is 0.0588. The number of benzene rings is 2. The Kier molecular flexibility index (Phi) is 4.93. The first-order chi connectivity index (χ1) is 10.7. The monoisotopic (exact) mass is 297 g/mol. The van der Waals surface area contributed by atoms with Crippen LogP contribution in [0, 0.1) is 6.92 Å². The van der Waals surface area contributed by atoms with Gasteiger partial charge in [-0.3, -0.25) is 9.78 Å². The van der Waals surface area contributed by atoms with Crippen molar-refractivity contribution in [3.05, 3.63) is 60.4 Å². The molecule has 0 aliphatic rings. The van der Waals surface area contributed by atoms with Gasteiger partial charge in [0.2, 0.25) is 0 Å². The molecule has 22 heavy (non-hydrogen) atoms. The first-order valence-electron chi connectivity index (χ1n) is 6.54. The number of hydrogen-bond donors (Lipinski definition) is 2. The van der Waals surface area contributed by atoms with Crippen LogP contribution in [-0.2, 0) is 4.79 Å². The number of carboxylic acid groups (broad SMARTS) is 1. The van der Waals surface area contributed by atoms with Crippen LogP contribution in [0.2, 0.25) is 0 Å². The van der Waals surface area contributed by atoms with Gasteiger partial charge in [-0.15, -0.1) is 0 Å². The number of aromatic hydroxyl groups is 1. The van der Waals surface area contributed by atoms with E-state index < -0.39 is 0 Å². The zero-order valence-corrected chi connectivity index (χ0v) is 11.9. The summed E-state index contributed by atoms with van der Waals surface area (Å²) in [5.41, 5.74) is 0.867. The summed E-state index contributed by atoms with van der Waals surface area (Å²) in [4.78, 5) is 12.5. The predicted octanol–water partition coefficient (Wildman–Crippen LogP) is 3.74. The van der Waals surface area contributed by atoms with E-state index in [-0.39, 0.29) is 12.2 Å². The van der Waals surface area contributed by atoms with Gasteiger partial charge in [0.25, 0.3) is 6.47 Å². The Bertz CT molecular complexity index is 772. The van der Waals surface area contributed by atoms with Gasteiger partial charge < -0.3 is 14.9 Å². The molecule has 0 saturated heterocycles. The van der Waals surface area contributed by atoms with Crippen molar-refractivity contribution >= 4 is 17.2 Å². The van der Waals surface area contributed by atoms with Crippen LogP contribution in [0.3, 0.4) is 0 Å². The Morgan fingerprint density at radius 2 is 1.73 bits per heavy atom. The molecule has 112 valence electrons. The van der Waals surface area contributed by atoms with E-state index in [2.05, 4.69) is 4.98 Å². The second kappa shape index (κ2) is 7.08. The highest BCUT2D eigenvalue weighted by Crippen LogP contribution is 2.30. The van der Waals surface area contributed by atoms with Crippen molar-refractivity contribution in [1.29, 1.82) is 0 Å². The van der Waals surface area contributed by atoms with E-state index in [1.807, 2.05) is 55.5 Å². The lowest BCUT2D eigenvalue weighted by Gasteiger charge is -2.08. The lowest BCUT2D eigenvalue weighted by atomic mass is 10.1. The number of ether oxygens (including phenoxy) is 1. The van der Waals surface area contributed by atoms with Crippen molar-refractivity contribution in [1.82, 2.24) is 4.98 Å². The minimum Gasteiger partial charge on any atom is -0.506 e. The summed E-state index contributed by atoms with van der Waals surface area (Å²) in [6, 6.07) is 15.2. The molecule has 0 radical (unpaired) electrons. The Morgan fingerprint density at radius 3 is 2.41 bits per heavy atom. The number of carbonyl (C=O) groups is 1. The van der Waals surface area contributed by atoms with Crippen LogP contribution in [0.15, 0.2) is 54.7 Å². The molecule has 0 unspecified atom stereocenters. The summed E-state index contributed by atoms with van der Waals surface area (Å²) in [7, 11) is 0. The van der Waals surface area contributed by atoms with Crippen LogP contribution in [0.4, 0.5) is 0 Å². The van der Waals surface area contributed by atoms with Crippen LogP contribution in [0.1, 0.15) is 5.69 Å². The van der Waals surface area contributed by atoms with Crippen molar-refractivity contribution in [3.8, 4) is 17.2 Å². The molecule has 0 spiro atoms. The van der Waals surface area contributed by atoms with Gasteiger partial charge in [0.15, 0.2) is 0 Å².